The number of furan rings is 1. The van der Waals surface area contributed by atoms with Gasteiger partial charge in [-0.1, -0.05) is 13.8 Å². The lowest BCUT2D eigenvalue weighted by Crippen LogP contribution is -2.39. The minimum absolute atomic E-state index is 0.0388. The van der Waals surface area contributed by atoms with E-state index in [1.54, 1.807) is 12.1 Å². The Labute approximate surface area is 102 Å². The second kappa shape index (κ2) is 5.56. The predicted molar refractivity (Wildman–Crippen MR) is 63.2 cm³/mol. The number of rotatable bonds is 4. The maximum Gasteiger partial charge on any atom is 0.287 e. The number of alkyl halides is 1. The van der Waals surface area contributed by atoms with Crippen molar-refractivity contribution in [3.05, 3.63) is 22.6 Å². The zero-order chi connectivity index (χ0) is 11.4. The fourth-order valence-corrected chi connectivity index (χ4v) is 1.80. The van der Waals surface area contributed by atoms with Gasteiger partial charge in [0.2, 0.25) is 0 Å². The van der Waals surface area contributed by atoms with E-state index in [1.165, 1.54) is 0 Å². The van der Waals surface area contributed by atoms with E-state index in [2.05, 4.69) is 21.2 Å². The van der Waals surface area contributed by atoms with Crippen LogP contribution in [0.25, 0.3) is 0 Å². The highest BCUT2D eigenvalue weighted by Crippen LogP contribution is 2.14. The Morgan fingerprint density at radius 2 is 2.27 bits per heavy atom. The van der Waals surface area contributed by atoms with Gasteiger partial charge in [0.15, 0.2) is 10.4 Å². The Balaban J connectivity index is 2.62. The molecule has 1 unspecified atom stereocenters. The van der Waals surface area contributed by atoms with Gasteiger partial charge in [0.05, 0.1) is 0 Å². The first-order chi connectivity index (χ1) is 7.04. The van der Waals surface area contributed by atoms with Crippen LogP contribution in [0.5, 0.6) is 0 Å². The van der Waals surface area contributed by atoms with E-state index in [1.807, 2.05) is 13.8 Å². The normalized spacial score (nSPS) is 12.9. The van der Waals surface area contributed by atoms with E-state index in [0.29, 0.717) is 16.5 Å². The molecule has 0 saturated carbocycles. The number of nitrogens with one attached hydrogen (secondary N) is 1. The van der Waals surface area contributed by atoms with E-state index in [4.69, 9.17) is 16.0 Å². The largest absolute Gasteiger partial charge is 0.444 e. The molecule has 1 rings (SSSR count). The van der Waals surface area contributed by atoms with Crippen molar-refractivity contribution in [3.8, 4) is 0 Å². The Kier molecular flexibility index (Phi) is 4.67. The third-order valence-corrected chi connectivity index (χ3v) is 2.84. The zero-order valence-electron chi connectivity index (χ0n) is 8.59. The quantitative estimate of drug-likeness (QED) is 0.867. The van der Waals surface area contributed by atoms with Crippen molar-refractivity contribution in [1.29, 1.82) is 0 Å². The van der Waals surface area contributed by atoms with Crippen LogP contribution in [0.15, 0.2) is 21.2 Å². The summed E-state index contributed by atoms with van der Waals surface area (Å²) in [6.45, 7) is 4.01. The molecule has 1 aromatic rings. The maximum atomic E-state index is 11.6. The summed E-state index contributed by atoms with van der Waals surface area (Å²) in [6, 6.07) is 3.26. The molecule has 1 amide bonds. The number of carbonyl (C=O) groups excluding carboxylic acids is 1. The van der Waals surface area contributed by atoms with Crippen LogP contribution in [0.2, 0.25) is 0 Å². The average molecular weight is 295 g/mol. The first-order valence-corrected chi connectivity index (χ1v) is 5.99. The third kappa shape index (κ3) is 3.54. The summed E-state index contributed by atoms with van der Waals surface area (Å²) in [5, 5.41) is 2.81. The first-order valence-electron chi connectivity index (χ1n) is 4.66. The highest BCUT2D eigenvalue weighted by Gasteiger charge is 2.18. The fraction of sp³-hybridized carbons (Fsp3) is 0.500. The summed E-state index contributed by atoms with van der Waals surface area (Å²) in [4.78, 5) is 11.6. The van der Waals surface area contributed by atoms with Crippen LogP contribution in [0.1, 0.15) is 24.4 Å². The predicted octanol–water partition coefficient (Wildman–Crippen LogP) is 3.04. The van der Waals surface area contributed by atoms with Crippen LogP contribution in [0, 0.1) is 5.92 Å². The van der Waals surface area contributed by atoms with Crippen molar-refractivity contribution in [2.75, 3.05) is 5.88 Å². The molecular weight excluding hydrogens is 281 g/mol. The molecule has 1 atom stereocenters. The summed E-state index contributed by atoms with van der Waals surface area (Å²) >= 11 is 8.88. The molecule has 1 heterocycles. The number of halogens is 2. The molecule has 0 aromatic carbocycles. The lowest BCUT2D eigenvalue weighted by Gasteiger charge is -2.18. The molecule has 1 aromatic heterocycles. The minimum Gasteiger partial charge on any atom is -0.444 e. The molecule has 84 valence electrons. The Bertz CT molecular complexity index is 338. The molecular formula is C10H13BrClNO2. The van der Waals surface area contributed by atoms with Crippen LogP contribution in [0.3, 0.4) is 0 Å². The van der Waals surface area contributed by atoms with E-state index in [0.717, 1.165) is 0 Å². The number of carbonyl (C=O) groups is 1. The molecule has 0 aliphatic carbocycles. The van der Waals surface area contributed by atoms with Gasteiger partial charge < -0.3 is 9.73 Å². The molecule has 15 heavy (non-hydrogen) atoms. The second-order valence-electron chi connectivity index (χ2n) is 3.58. The summed E-state index contributed by atoms with van der Waals surface area (Å²) in [5.41, 5.74) is 0. The van der Waals surface area contributed by atoms with Gasteiger partial charge in [0.1, 0.15) is 0 Å². The zero-order valence-corrected chi connectivity index (χ0v) is 10.9. The van der Waals surface area contributed by atoms with Crippen LogP contribution in [-0.4, -0.2) is 17.8 Å². The van der Waals surface area contributed by atoms with Gasteiger partial charge in [-0.2, -0.15) is 0 Å². The molecule has 3 nitrogen and oxygen atoms in total. The topological polar surface area (TPSA) is 42.2 Å². The summed E-state index contributed by atoms with van der Waals surface area (Å²) in [6.07, 6.45) is 0. The molecule has 0 fully saturated rings. The van der Waals surface area contributed by atoms with Crippen molar-refractivity contribution in [2.24, 2.45) is 5.92 Å². The summed E-state index contributed by atoms with van der Waals surface area (Å²) in [5.74, 6) is 0.744. The van der Waals surface area contributed by atoms with Crippen LogP contribution in [-0.2, 0) is 0 Å². The molecule has 0 radical (unpaired) electrons. The number of hydrogen-bond acceptors (Lipinski definition) is 2. The fourth-order valence-electron chi connectivity index (χ4n) is 1.06. The van der Waals surface area contributed by atoms with Crippen LogP contribution in [0.4, 0.5) is 0 Å². The van der Waals surface area contributed by atoms with E-state index in [9.17, 15) is 4.79 Å². The van der Waals surface area contributed by atoms with Crippen molar-refractivity contribution >= 4 is 33.4 Å². The Hall–Kier alpha value is -0.480. The van der Waals surface area contributed by atoms with Gasteiger partial charge in [0, 0.05) is 11.9 Å². The molecule has 5 heteroatoms. The van der Waals surface area contributed by atoms with Gasteiger partial charge in [-0.3, -0.25) is 4.79 Å². The van der Waals surface area contributed by atoms with Gasteiger partial charge in [-0.25, -0.2) is 0 Å². The SMILES string of the molecule is CC(C)C(CCl)NC(=O)c1ccc(Br)o1. The van der Waals surface area contributed by atoms with Crippen LogP contribution >= 0.6 is 27.5 Å². The highest BCUT2D eigenvalue weighted by atomic mass is 79.9. The Morgan fingerprint density at radius 3 is 2.67 bits per heavy atom. The van der Waals surface area contributed by atoms with E-state index >= 15 is 0 Å². The smallest absolute Gasteiger partial charge is 0.287 e. The van der Waals surface area contributed by atoms with Gasteiger partial charge in [-0.05, 0) is 34.0 Å². The van der Waals surface area contributed by atoms with Crippen molar-refractivity contribution in [2.45, 2.75) is 19.9 Å². The minimum atomic E-state index is -0.236. The molecule has 0 aliphatic heterocycles. The standard InChI is InChI=1S/C10H13BrClNO2/c1-6(2)7(5-12)13-10(14)8-3-4-9(11)15-8/h3-4,6-7H,5H2,1-2H3,(H,13,14). The van der Waals surface area contributed by atoms with Crippen LogP contribution < -0.4 is 5.32 Å². The lowest BCUT2D eigenvalue weighted by molar-refractivity contribution is 0.0902. The lowest BCUT2D eigenvalue weighted by atomic mass is 10.1. The molecule has 1 N–H and O–H groups in total. The van der Waals surface area contributed by atoms with Gasteiger partial charge in [0.25, 0.3) is 5.91 Å². The van der Waals surface area contributed by atoms with Crippen molar-refractivity contribution in [3.63, 3.8) is 0 Å². The molecule has 0 aliphatic rings. The summed E-state index contributed by atoms with van der Waals surface area (Å²) in [7, 11) is 0. The van der Waals surface area contributed by atoms with Gasteiger partial charge >= 0.3 is 0 Å². The third-order valence-electron chi connectivity index (χ3n) is 2.08. The molecule has 0 spiro atoms. The van der Waals surface area contributed by atoms with Crippen molar-refractivity contribution in [1.82, 2.24) is 5.32 Å². The molecule has 0 bridgehead atoms. The average Bonchev–Trinajstić information content (AvgIpc) is 2.60. The second-order valence-corrected chi connectivity index (χ2v) is 4.67. The number of amides is 1. The maximum absolute atomic E-state index is 11.6. The van der Waals surface area contributed by atoms with E-state index in [-0.39, 0.29) is 17.7 Å². The Morgan fingerprint density at radius 1 is 1.60 bits per heavy atom. The monoisotopic (exact) mass is 293 g/mol. The summed E-state index contributed by atoms with van der Waals surface area (Å²) < 4.78 is 5.67. The molecule has 0 saturated heterocycles. The highest BCUT2D eigenvalue weighted by molar-refractivity contribution is 9.10. The van der Waals surface area contributed by atoms with E-state index < -0.39 is 0 Å². The number of hydrogen-bond donors (Lipinski definition) is 1. The van der Waals surface area contributed by atoms with Crippen molar-refractivity contribution < 1.29 is 9.21 Å². The van der Waals surface area contributed by atoms with Gasteiger partial charge in [-0.15, -0.1) is 11.6 Å². The first kappa shape index (κ1) is 12.6.